The van der Waals surface area contributed by atoms with E-state index in [0.717, 1.165) is 30.1 Å². The number of hydrogen-bond donors (Lipinski definition) is 3. The highest BCUT2D eigenvalue weighted by Gasteiger charge is 2.45. The van der Waals surface area contributed by atoms with Crippen molar-refractivity contribution in [2.75, 3.05) is 0 Å². The number of rotatable bonds is 2. The number of nitrogens with two attached hydrogens (primary N) is 1. The van der Waals surface area contributed by atoms with Crippen LogP contribution in [-0.2, 0) is 0 Å². The van der Waals surface area contributed by atoms with Crippen LogP contribution < -0.4 is 11.1 Å². The Labute approximate surface area is 120 Å². The highest BCUT2D eigenvalue weighted by Crippen LogP contribution is 2.50. The van der Waals surface area contributed by atoms with Crippen molar-refractivity contribution in [3.8, 4) is 0 Å². The predicted molar refractivity (Wildman–Crippen MR) is 82.6 cm³/mol. The molecule has 0 saturated heterocycles. The van der Waals surface area contributed by atoms with Gasteiger partial charge in [0.2, 0.25) is 0 Å². The second kappa shape index (κ2) is 5.08. The molecule has 4 heteroatoms. The van der Waals surface area contributed by atoms with Gasteiger partial charge in [0, 0.05) is 22.8 Å². The summed E-state index contributed by atoms with van der Waals surface area (Å²) in [6.07, 6.45) is 10.9. The summed E-state index contributed by atoms with van der Waals surface area (Å²) >= 11 is 0. The Morgan fingerprint density at radius 2 is 2.10 bits per heavy atom. The van der Waals surface area contributed by atoms with Gasteiger partial charge in [0.15, 0.2) is 0 Å². The van der Waals surface area contributed by atoms with E-state index in [1.54, 1.807) is 0 Å². The van der Waals surface area contributed by atoms with E-state index in [1.165, 1.54) is 56.0 Å². The van der Waals surface area contributed by atoms with Gasteiger partial charge >= 0.3 is 0 Å². The molecule has 108 valence electrons. The molecule has 3 aliphatic rings. The first kappa shape index (κ1) is 13.4. The second-order valence-electron chi connectivity index (χ2n) is 6.19. The van der Waals surface area contributed by atoms with Crippen molar-refractivity contribution in [2.24, 2.45) is 16.1 Å². The maximum absolute atomic E-state index is 7.54. The Bertz CT molecular complexity index is 519. The molecule has 0 unspecified atom stereocenters. The highest BCUT2D eigenvalue weighted by atomic mass is 15.1. The third-order valence-corrected chi connectivity index (χ3v) is 5.11. The Balaban J connectivity index is 2.05. The molecule has 3 rings (SSSR count). The molecule has 20 heavy (non-hydrogen) atoms. The fourth-order valence-corrected chi connectivity index (χ4v) is 3.92. The first-order valence-electron chi connectivity index (χ1n) is 7.79. The fraction of sp³-hybridized carbons (Fsp3) is 0.625. The predicted octanol–water partition coefficient (Wildman–Crippen LogP) is 3.22. The summed E-state index contributed by atoms with van der Waals surface area (Å²) in [6.45, 7) is 2.05. The number of nitrogens with zero attached hydrogens (tertiary/aromatic N) is 1. The van der Waals surface area contributed by atoms with Crippen LogP contribution in [0, 0.1) is 10.8 Å². The van der Waals surface area contributed by atoms with Gasteiger partial charge in [-0.15, -0.1) is 0 Å². The molecule has 0 atom stereocenters. The molecular weight excluding hydrogens is 248 g/mol. The third kappa shape index (κ3) is 1.98. The number of nitrogens with one attached hydrogen (secondary N) is 2. The van der Waals surface area contributed by atoms with Gasteiger partial charge in [0.25, 0.3) is 0 Å². The smallest absolute Gasteiger partial charge is 0.136 e. The van der Waals surface area contributed by atoms with E-state index in [0.29, 0.717) is 0 Å². The van der Waals surface area contributed by atoms with Crippen LogP contribution in [0.2, 0.25) is 0 Å². The third-order valence-electron chi connectivity index (χ3n) is 5.11. The maximum atomic E-state index is 7.54. The largest absolute Gasteiger partial charge is 0.385 e. The number of hydrogen-bond acceptors (Lipinski definition) is 4. The lowest BCUT2D eigenvalue weighted by molar-refractivity contribution is 0.281. The second-order valence-corrected chi connectivity index (χ2v) is 6.19. The molecule has 0 bridgehead atoms. The molecule has 1 heterocycles. The quantitative estimate of drug-likeness (QED) is 0.675. The van der Waals surface area contributed by atoms with E-state index in [4.69, 9.17) is 16.1 Å². The topological polar surface area (TPSA) is 74.3 Å². The Hall–Kier alpha value is -1.58. The van der Waals surface area contributed by atoms with Gasteiger partial charge in [-0.25, -0.2) is 4.99 Å². The summed E-state index contributed by atoms with van der Waals surface area (Å²) in [4.78, 5) is 4.91. The van der Waals surface area contributed by atoms with Crippen molar-refractivity contribution in [3.05, 3.63) is 22.8 Å². The van der Waals surface area contributed by atoms with Gasteiger partial charge in [-0.1, -0.05) is 26.2 Å². The zero-order valence-corrected chi connectivity index (χ0v) is 12.3. The van der Waals surface area contributed by atoms with Crippen molar-refractivity contribution in [1.29, 1.82) is 5.41 Å². The number of aliphatic imine (C=N–C) groups is 1. The van der Waals surface area contributed by atoms with Crippen LogP contribution in [-0.4, -0.2) is 11.9 Å². The van der Waals surface area contributed by atoms with Crippen LogP contribution in [0.15, 0.2) is 27.8 Å². The molecule has 2 aliphatic carbocycles. The summed E-state index contributed by atoms with van der Waals surface area (Å²) in [5.41, 5.74) is 9.89. The summed E-state index contributed by atoms with van der Waals surface area (Å²) in [5, 5.41) is 10.7. The van der Waals surface area contributed by atoms with Crippen molar-refractivity contribution in [1.82, 2.24) is 5.32 Å². The van der Waals surface area contributed by atoms with Crippen LogP contribution in [0.25, 0.3) is 0 Å². The Morgan fingerprint density at radius 3 is 2.75 bits per heavy atom. The average molecular weight is 272 g/mol. The Morgan fingerprint density at radius 1 is 1.35 bits per heavy atom. The van der Waals surface area contributed by atoms with Gasteiger partial charge in [0.05, 0.1) is 5.71 Å². The average Bonchev–Trinajstić information content (AvgIpc) is 2.81. The van der Waals surface area contributed by atoms with E-state index < -0.39 is 0 Å². The zero-order chi connectivity index (χ0) is 14.2. The molecule has 0 aromatic rings. The van der Waals surface area contributed by atoms with Crippen LogP contribution in [0.1, 0.15) is 58.3 Å². The van der Waals surface area contributed by atoms with E-state index in [9.17, 15) is 0 Å². The van der Waals surface area contributed by atoms with Crippen LogP contribution in [0.5, 0.6) is 0 Å². The SMILES string of the molecule is CC/C(C=N)=C1\N=C2C(=C(N)N1)CCC21CCCCC1. The minimum absolute atomic E-state index is 0.270. The van der Waals surface area contributed by atoms with Gasteiger partial charge in [0.1, 0.15) is 11.6 Å². The van der Waals surface area contributed by atoms with Gasteiger partial charge < -0.3 is 16.5 Å². The van der Waals surface area contributed by atoms with Crippen molar-refractivity contribution < 1.29 is 0 Å². The zero-order valence-electron chi connectivity index (χ0n) is 12.3. The number of allylic oxidation sites excluding steroid dienone is 2. The minimum atomic E-state index is 0.270. The van der Waals surface area contributed by atoms with Crippen molar-refractivity contribution in [3.63, 3.8) is 0 Å². The summed E-state index contributed by atoms with van der Waals surface area (Å²) in [6, 6.07) is 0. The van der Waals surface area contributed by atoms with E-state index in [1.807, 2.05) is 0 Å². The summed E-state index contributed by atoms with van der Waals surface area (Å²) in [5.74, 6) is 1.56. The van der Waals surface area contributed by atoms with Crippen LogP contribution in [0.3, 0.4) is 0 Å². The monoisotopic (exact) mass is 272 g/mol. The van der Waals surface area contributed by atoms with Gasteiger partial charge in [-0.05, 0) is 32.1 Å². The van der Waals surface area contributed by atoms with Crippen molar-refractivity contribution in [2.45, 2.75) is 58.3 Å². The molecule has 4 nitrogen and oxygen atoms in total. The van der Waals surface area contributed by atoms with E-state index in [2.05, 4.69) is 12.2 Å². The fourth-order valence-electron chi connectivity index (χ4n) is 3.92. The maximum Gasteiger partial charge on any atom is 0.136 e. The molecule has 0 aromatic heterocycles. The molecular formula is C16H24N4. The first-order valence-corrected chi connectivity index (χ1v) is 7.79. The molecule has 1 spiro atoms. The normalized spacial score (nSPS) is 26.9. The van der Waals surface area contributed by atoms with Crippen LogP contribution in [0.4, 0.5) is 0 Å². The summed E-state index contributed by atoms with van der Waals surface area (Å²) < 4.78 is 0. The molecule has 2 saturated carbocycles. The van der Waals surface area contributed by atoms with Crippen LogP contribution >= 0.6 is 0 Å². The van der Waals surface area contributed by atoms with E-state index >= 15 is 0 Å². The van der Waals surface area contributed by atoms with E-state index in [-0.39, 0.29) is 5.41 Å². The molecule has 0 amide bonds. The molecule has 0 radical (unpaired) electrons. The Kier molecular flexibility index (Phi) is 3.40. The molecule has 4 N–H and O–H groups in total. The lowest BCUT2D eigenvalue weighted by atomic mass is 9.71. The molecule has 0 aromatic carbocycles. The molecule has 2 fully saturated rings. The lowest BCUT2D eigenvalue weighted by Gasteiger charge is -2.35. The number of fused-ring (bicyclic) bond motifs is 2. The van der Waals surface area contributed by atoms with Crippen molar-refractivity contribution >= 4 is 11.9 Å². The van der Waals surface area contributed by atoms with Gasteiger partial charge in [-0.3, -0.25) is 0 Å². The minimum Gasteiger partial charge on any atom is -0.385 e. The van der Waals surface area contributed by atoms with Gasteiger partial charge in [-0.2, -0.15) is 0 Å². The summed E-state index contributed by atoms with van der Waals surface area (Å²) in [7, 11) is 0. The first-order chi connectivity index (χ1) is 9.70. The lowest BCUT2D eigenvalue weighted by Crippen LogP contribution is -2.35. The standard InChI is InChI=1S/C16H24N4/c1-2-11(10-17)15-19-13-12(14(18)20-15)6-9-16(13)7-4-3-5-8-16/h10,17,20H,2-9,18H2,1H3/b15-11-,17-10?. The highest BCUT2D eigenvalue weighted by molar-refractivity contribution is 6.08. The molecule has 1 aliphatic heterocycles.